The first-order chi connectivity index (χ1) is 3.92. The van der Waals surface area contributed by atoms with Crippen LogP contribution >= 0.6 is 11.6 Å². The second-order valence-corrected chi connectivity index (χ2v) is 3.88. The fourth-order valence-electron chi connectivity index (χ4n) is 0.552. The van der Waals surface area contributed by atoms with Crippen molar-refractivity contribution in [2.45, 2.75) is 44.6 Å². The number of halogens is 1. The molecule has 0 aliphatic heterocycles. The van der Waals surface area contributed by atoms with E-state index in [4.69, 9.17) is 11.6 Å². The molecule has 0 saturated carbocycles. The van der Waals surface area contributed by atoms with Crippen molar-refractivity contribution >= 4 is 11.6 Å². The van der Waals surface area contributed by atoms with Crippen LogP contribution in [0.4, 0.5) is 0 Å². The predicted octanol–water partition coefficient (Wildman–Crippen LogP) is 2.16. The van der Waals surface area contributed by atoms with Crippen molar-refractivity contribution in [1.29, 1.82) is 0 Å². The van der Waals surface area contributed by atoms with Crippen LogP contribution in [-0.4, -0.2) is 16.1 Å². The third-order valence-electron chi connectivity index (χ3n) is 1.15. The van der Waals surface area contributed by atoms with Crippen LogP contribution in [0.2, 0.25) is 0 Å². The Kier molecular flexibility index (Phi) is 3.52. The van der Waals surface area contributed by atoms with Gasteiger partial charge in [0.1, 0.15) is 0 Å². The molecule has 1 unspecified atom stereocenters. The van der Waals surface area contributed by atoms with E-state index in [1.807, 2.05) is 6.92 Å². The van der Waals surface area contributed by atoms with Crippen LogP contribution in [0.15, 0.2) is 0 Å². The Bertz CT molecular complexity index is 73.5. The molecule has 0 aromatic carbocycles. The van der Waals surface area contributed by atoms with Gasteiger partial charge in [-0.25, -0.2) is 0 Å². The molecule has 0 bridgehead atoms. The summed E-state index contributed by atoms with van der Waals surface area (Å²) in [5.74, 6) is 0. The van der Waals surface area contributed by atoms with Gasteiger partial charge in [-0.05, 0) is 33.6 Å². The van der Waals surface area contributed by atoms with Crippen LogP contribution < -0.4 is 0 Å². The van der Waals surface area contributed by atoms with E-state index < -0.39 is 5.60 Å². The topological polar surface area (TPSA) is 20.2 Å². The highest BCUT2D eigenvalue weighted by molar-refractivity contribution is 6.20. The van der Waals surface area contributed by atoms with Crippen molar-refractivity contribution in [2.75, 3.05) is 0 Å². The van der Waals surface area contributed by atoms with Crippen LogP contribution in [0.5, 0.6) is 0 Å². The molecular formula is C7H15ClO. The van der Waals surface area contributed by atoms with Gasteiger partial charge < -0.3 is 5.11 Å². The van der Waals surface area contributed by atoms with Crippen LogP contribution in [0.3, 0.4) is 0 Å². The summed E-state index contributed by atoms with van der Waals surface area (Å²) in [6.07, 6.45) is 1.66. The molecule has 0 heterocycles. The summed E-state index contributed by atoms with van der Waals surface area (Å²) in [5, 5.41) is 9.39. The first-order valence-corrected chi connectivity index (χ1v) is 3.72. The molecule has 9 heavy (non-hydrogen) atoms. The number of rotatable bonds is 3. The quantitative estimate of drug-likeness (QED) is 0.612. The highest BCUT2D eigenvalue weighted by Gasteiger charge is 2.12. The van der Waals surface area contributed by atoms with Crippen molar-refractivity contribution in [3.05, 3.63) is 0 Å². The highest BCUT2D eigenvalue weighted by Crippen LogP contribution is 2.14. The summed E-state index contributed by atoms with van der Waals surface area (Å²) >= 11 is 5.67. The maximum atomic E-state index is 9.21. The molecule has 0 rings (SSSR count). The van der Waals surface area contributed by atoms with Crippen molar-refractivity contribution < 1.29 is 5.11 Å². The first-order valence-electron chi connectivity index (χ1n) is 3.28. The van der Waals surface area contributed by atoms with Gasteiger partial charge in [-0.15, -0.1) is 11.6 Å². The minimum Gasteiger partial charge on any atom is -0.390 e. The monoisotopic (exact) mass is 150 g/mol. The Labute approximate surface area is 62.0 Å². The Morgan fingerprint density at radius 1 is 1.56 bits per heavy atom. The van der Waals surface area contributed by atoms with Crippen LogP contribution in [0, 0.1) is 0 Å². The molecule has 0 fully saturated rings. The maximum Gasteiger partial charge on any atom is 0.0592 e. The minimum absolute atomic E-state index is 0.177. The fourth-order valence-corrected chi connectivity index (χ4v) is 0.661. The molecule has 0 aliphatic rings. The minimum atomic E-state index is -0.552. The number of aliphatic hydroxyl groups is 1. The Morgan fingerprint density at radius 2 is 2.00 bits per heavy atom. The standard InChI is InChI=1S/C7H15ClO/c1-6(8)4-5-7(2,3)9/h6,9H,4-5H2,1-3H3. The van der Waals surface area contributed by atoms with Gasteiger partial charge in [0.15, 0.2) is 0 Å². The van der Waals surface area contributed by atoms with E-state index in [9.17, 15) is 5.11 Å². The number of hydrogen-bond donors (Lipinski definition) is 1. The number of hydrogen-bond acceptors (Lipinski definition) is 1. The second-order valence-electron chi connectivity index (χ2n) is 3.13. The zero-order chi connectivity index (χ0) is 7.49. The zero-order valence-corrected chi connectivity index (χ0v) is 7.07. The van der Waals surface area contributed by atoms with Crippen molar-refractivity contribution in [3.63, 3.8) is 0 Å². The predicted molar refractivity (Wildman–Crippen MR) is 40.8 cm³/mol. The summed E-state index contributed by atoms with van der Waals surface area (Å²) in [6.45, 7) is 5.53. The molecule has 0 amide bonds. The van der Waals surface area contributed by atoms with E-state index >= 15 is 0 Å². The molecule has 1 N–H and O–H groups in total. The second kappa shape index (κ2) is 3.43. The molecule has 1 nitrogen and oxygen atoms in total. The summed E-state index contributed by atoms with van der Waals surface area (Å²) in [6, 6.07) is 0. The molecular weight excluding hydrogens is 136 g/mol. The Hall–Kier alpha value is 0.250. The SMILES string of the molecule is CC(Cl)CCC(C)(C)O. The van der Waals surface area contributed by atoms with Gasteiger partial charge in [0, 0.05) is 5.38 Å². The van der Waals surface area contributed by atoms with Crippen molar-refractivity contribution in [3.8, 4) is 0 Å². The van der Waals surface area contributed by atoms with E-state index in [1.54, 1.807) is 13.8 Å². The zero-order valence-electron chi connectivity index (χ0n) is 6.32. The third kappa shape index (κ3) is 8.25. The molecule has 0 spiro atoms. The van der Waals surface area contributed by atoms with E-state index in [1.165, 1.54) is 0 Å². The summed E-state index contributed by atoms with van der Waals surface area (Å²) in [7, 11) is 0. The number of alkyl halides is 1. The molecule has 0 radical (unpaired) electrons. The lowest BCUT2D eigenvalue weighted by molar-refractivity contribution is 0.0689. The third-order valence-corrected chi connectivity index (χ3v) is 1.37. The lowest BCUT2D eigenvalue weighted by Gasteiger charge is -2.16. The van der Waals surface area contributed by atoms with E-state index in [0.717, 1.165) is 12.8 Å². The first kappa shape index (κ1) is 9.25. The maximum absolute atomic E-state index is 9.21. The van der Waals surface area contributed by atoms with Gasteiger partial charge in [-0.2, -0.15) is 0 Å². The van der Waals surface area contributed by atoms with Gasteiger partial charge in [0.2, 0.25) is 0 Å². The lowest BCUT2D eigenvalue weighted by atomic mass is 10.0. The summed E-state index contributed by atoms with van der Waals surface area (Å²) < 4.78 is 0. The Balaban J connectivity index is 3.28. The molecule has 2 heteroatoms. The van der Waals surface area contributed by atoms with E-state index in [-0.39, 0.29) is 5.38 Å². The van der Waals surface area contributed by atoms with Crippen LogP contribution in [0.25, 0.3) is 0 Å². The molecule has 0 aromatic heterocycles. The van der Waals surface area contributed by atoms with Crippen molar-refractivity contribution in [1.82, 2.24) is 0 Å². The molecule has 0 aliphatic carbocycles. The van der Waals surface area contributed by atoms with Gasteiger partial charge in [-0.3, -0.25) is 0 Å². The Morgan fingerprint density at radius 3 is 2.11 bits per heavy atom. The smallest absolute Gasteiger partial charge is 0.0592 e. The van der Waals surface area contributed by atoms with Gasteiger partial charge in [0.25, 0.3) is 0 Å². The van der Waals surface area contributed by atoms with Crippen molar-refractivity contribution in [2.24, 2.45) is 0 Å². The molecule has 56 valence electrons. The normalized spacial score (nSPS) is 15.7. The highest BCUT2D eigenvalue weighted by atomic mass is 35.5. The summed E-state index contributed by atoms with van der Waals surface area (Å²) in [5.41, 5.74) is -0.552. The average Bonchev–Trinajstić information content (AvgIpc) is 1.59. The largest absolute Gasteiger partial charge is 0.390 e. The summed E-state index contributed by atoms with van der Waals surface area (Å²) in [4.78, 5) is 0. The molecule has 1 atom stereocenters. The van der Waals surface area contributed by atoms with Gasteiger partial charge >= 0.3 is 0 Å². The molecule has 0 aromatic rings. The van der Waals surface area contributed by atoms with Gasteiger partial charge in [-0.1, -0.05) is 0 Å². The fraction of sp³-hybridized carbons (Fsp3) is 1.00. The van der Waals surface area contributed by atoms with Crippen LogP contribution in [0.1, 0.15) is 33.6 Å². The average molecular weight is 151 g/mol. The van der Waals surface area contributed by atoms with Gasteiger partial charge in [0.05, 0.1) is 5.60 Å². The van der Waals surface area contributed by atoms with Crippen LogP contribution in [-0.2, 0) is 0 Å². The lowest BCUT2D eigenvalue weighted by Crippen LogP contribution is -2.19. The molecule has 0 saturated heterocycles. The van der Waals surface area contributed by atoms with E-state index in [2.05, 4.69) is 0 Å². The van der Waals surface area contributed by atoms with E-state index in [0.29, 0.717) is 0 Å².